The molecule has 9 N–H and O–H groups in total. The van der Waals surface area contributed by atoms with E-state index in [1.807, 2.05) is 0 Å². The molecule has 46 heavy (non-hydrogen) atoms. The molecule has 13 nitrogen and oxygen atoms in total. The molecule has 2 aromatic rings. The molecule has 1 aromatic carbocycles. The van der Waals surface area contributed by atoms with Gasteiger partial charge in [0.05, 0.1) is 11.9 Å². The fraction of sp³-hybridized carbons (Fsp3) is 0.613. The van der Waals surface area contributed by atoms with Crippen LogP contribution < -0.4 is 22.5 Å². The van der Waals surface area contributed by atoms with E-state index < -0.39 is 21.8 Å². The van der Waals surface area contributed by atoms with Gasteiger partial charge in [0, 0.05) is 18.4 Å². The van der Waals surface area contributed by atoms with Gasteiger partial charge in [-0.3, -0.25) is 15.1 Å². The lowest BCUT2D eigenvalue weighted by molar-refractivity contribution is 0.0972. The van der Waals surface area contributed by atoms with Crippen LogP contribution in [0.5, 0.6) is 5.75 Å². The normalized spacial score (nSPS) is 16.3. The monoisotopic (exact) mass is 680 g/mol. The Labute approximate surface area is 276 Å². The van der Waals surface area contributed by atoms with Gasteiger partial charge in [-0.2, -0.15) is 0 Å². The molecule has 0 aliphatic carbocycles. The Morgan fingerprint density at radius 3 is 2.54 bits per heavy atom. The van der Waals surface area contributed by atoms with Crippen molar-refractivity contribution in [1.29, 1.82) is 0 Å². The number of hydrogen-bond acceptors (Lipinski definition) is 11. The number of nitrogen functional groups attached to an aromatic ring is 2. The Hall–Kier alpha value is -3.20. The van der Waals surface area contributed by atoms with Gasteiger partial charge in [-0.25, -0.2) is 18.4 Å². The number of hydrogen-bond donors (Lipinski definition) is 6. The number of amides is 1. The van der Waals surface area contributed by atoms with E-state index in [2.05, 4.69) is 32.1 Å². The summed E-state index contributed by atoms with van der Waals surface area (Å²) in [6.45, 7) is 5.89. The van der Waals surface area contributed by atoms with Crippen LogP contribution in [0.15, 0.2) is 23.2 Å². The van der Waals surface area contributed by atoms with E-state index in [1.54, 1.807) is 12.1 Å². The first-order valence-corrected chi connectivity index (χ1v) is 18.2. The number of aliphatic hydroxyl groups excluding tert-OH is 1. The second-order valence-electron chi connectivity index (χ2n) is 12.4. The fourth-order valence-electron chi connectivity index (χ4n) is 5.69. The number of likely N-dealkylation sites (tertiary alicyclic amines) is 1. The first-order chi connectivity index (χ1) is 21.7. The van der Waals surface area contributed by atoms with Gasteiger partial charge in [-0.15, -0.1) is 0 Å². The Bertz CT molecular complexity index is 1450. The van der Waals surface area contributed by atoms with Gasteiger partial charge in [0.2, 0.25) is 0 Å². The number of phenols is 1. The molecular weight excluding hydrogens is 632 g/mol. The van der Waals surface area contributed by atoms with E-state index in [0.29, 0.717) is 30.0 Å². The molecule has 0 unspecified atom stereocenters. The standard InChI is InChI=1S/C31H49ClN8O5S/c1-20(8-10-24(41)22-9-11-25(42)23(18-22)19-46(2,44)45)6-5-7-21-12-16-40(17-13-21)15-4-3-14-36-31(35)39-30(43)26-28(33)38-29(34)27(32)37-26/h9,11,18,20-21,24,41-42H,3-8,10,12-17,19H2,1-2H3,(H4,33,34,38)(H3,35,36,39,43)/t20-,24+/m1/s1. The maximum Gasteiger partial charge on any atom is 0.280 e. The van der Waals surface area contributed by atoms with Gasteiger partial charge in [-0.1, -0.05) is 43.9 Å². The van der Waals surface area contributed by atoms with Crippen LogP contribution in [0.4, 0.5) is 11.6 Å². The highest BCUT2D eigenvalue weighted by Crippen LogP contribution is 2.29. The molecular formula is C31H49ClN8O5S. The van der Waals surface area contributed by atoms with E-state index in [9.17, 15) is 23.4 Å². The molecule has 1 amide bonds. The minimum atomic E-state index is -3.29. The lowest BCUT2D eigenvalue weighted by Gasteiger charge is -2.32. The number of benzene rings is 1. The zero-order valence-corrected chi connectivity index (χ0v) is 28.4. The van der Waals surface area contributed by atoms with Crippen molar-refractivity contribution >= 4 is 44.9 Å². The van der Waals surface area contributed by atoms with Gasteiger partial charge in [0.1, 0.15) is 5.75 Å². The smallest absolute Gasteiger partial charge is 0.280 e. The molecule has 1 fully saturated rings. The van der Waals surface area contributed by atoms with Gasteiger partial charge in [0.15, 0.2) is 38.3 Å². The van der Waals surface area contributed by atoms with E-state index in [1.165, 1.54) is 31.7 Å². The number of carbonyl (C=O) groups is 1. The number of anilines is 2. The number of aromatic hydroxyl groups is 1. The third-order valence-corrected chi connectivity index (χ3v) is 9.50. The summed E-state index contributed by atoms with van der Waals surface area (Å²) in [6.07, 6.45) is 9.62. The molecule has 0 saturated carbocycles. The van der Waals surface area contributed by atoms with E-state index in [0.717, 1.165) is 57.5 Å². The summed E-state index contributed by atoms with van der Waals surface area (Å²) in [5.41, 5.74) is 17.9. The Kier molecular flexibility index (Phi) is 14.3. The highest BCUT2D eigenvalue weighted by atomic mass is 35.5. The molecule has 2 heterocycles. The maximum absolute atomic E-state index is 12.3. The van der Waals surface area contributed by atoms with E-state index in [4.69, 9.17) is 28.8 Å². The van der Waals surface area contributed by atoms with Crippen molar-refractivity contribution in [1.82, 2.24) is 20.2 Å². The molecule has 1 aliphatic rings. The van der Waals surface area contributed by atoms with Crippen LogP contribution >= 0.6 is 11.6 Å². The van der Waals surface area contributed by atoms with Crippen molar-refractivity contribution in [3.63, 3.8) is 0 Å². The number of carbonyl (C=O) groups excluding carboxylic acids is 1. The van der Waals surface area contributed by atoms with Gasteiger partial charge < -0.3 is 32.3 Å². The number of guanidine groups is 1. The SMILES string of the molecule is C[C@H](CCCC1CCN(CCCCN=C(N)NC(=O)c2nc(Cl)c(N)nc2N)CC1)CC[C@H](O)c1ccc(O)c(CS(C)(=O)=O)c1. The lowest BCUT2D eigenvalue weighted by Crippen LogP contribution is -2.38. The number of nitrogens with one attached hydrogen (secondary N) is 1. The number of aliphatic imine (C=N–C) groups is 1. The zero-order valence-electron chi connectivity index (χ0n) is 26.8. The second kappa shape index (κ2) is 17.6. The van der Waals surface area contributed by atoms with E-state index in [-0.39, 0.29) is 39.9 Å². The molecule has 0 radical (unpaired) electrons. The number of unbranched alkanes of at least 4 members (excludes halogenated alkanes) is 1. The summed E-state index contributed by atoms with van der Waals surface area (Å²) in [6, 6.07) is 4.71. The molecule has 256 valence electrons. The number of piperidine rings is 1. The van der Waals surface area contributed by atoms with Gasteiger partial charge in [0.25, 0.3) is 5.91 Å². The predicted molar refractivity (Wildman–Crippen MR) is 182 cm³/mol. The van der Waals surface area contributed by atoms with Crippen molar-refractivity contribution in [2.75, 3.05) is 43.9 Å². The highest BCUT2D eigenvalue weighted by Gasteiger charge is 2.20. The van der Waals surface area contributed by atoms with Crippen LogP contribution in [0.3, 0.4) is 0 Å². The number of aliphatic hydroxyl groups is 1. The van der Waals surface area contributed by atoms with Crippen LogP contribution in [0.1, 0.15) is 92.4 Å². The van der Waals surface area contributed by atoms with Crippen LogP contribution in [0.2, 0.25) is 5.15 Å². The summed E-state index contributed by atoms with van der Waals surface area (Å²) in [5.74, 6) is 0.0199. The Morgan fingerprint density at radius 2 is 1.85 bits per heavy atom. The molecule has 3 rings (SSSR count). The van der Waals surface area contributed by atoms with Crippen molar-refractivity contribution in [3.05, 3.63) is 40.2 Å². The third-order valence-electron chi connectivity index (χ3n) is 8.38. The lowest BCUT2D eigenvalue weighted by atomic mass is 9.88. The molecule has 15 heteroatoms. The molecule has 0 spiro atoms. The summed E-state index contributed by atoms with van der Waals surface area (Å²) in [7, 11) is -3.29. The Morgan fingerprint density at radius 1 is 1.13 bits per heavy atom. The molecule has 1 aromatic heterocycles. The van der Waals surface area contributed by atoms with Crippen molar-refractivity contribution in [2.45, 2.75) is 76.6 Å². The van der Waals surface area contributed by atoms with Gasteiger partial charge >= 0.3 is 0 Å². The summed E-state index contributed by atoms with van der Waals surface area (Å²) in [5, 5.41) is 23.0. The Balaban J connectivity index is 1.25. The van der Waals surface area contributed by atoms with Crippen LogP contribution in [0.25, 0.3) is 0 Å². The number of sulfone groups is 1. The fourth-order valence-corrected chi connectivity index (χ4v) is 6.61. The van der Waals surface area contributed by atoms with Crippen LogP contribution in [-0.4, -0.2) is 77.8 Å². The maximum atomic E-state index is 12.3. The van der Waals surface area contributed by atoms with E-state index >= 15 is 0 Å². The number of aromatic nitrogens is 2. The quantitative estimate of drug-likeness (QED) is 0.0856. The van der Waals surface area contributed by atoms with Crippen LogP contribution in [-0.2, 0) is 15.6 Å². The molecule has 0 bridgehead atoms. The van der Waals surface area contributed by atoms with Crippen molar-refractivity contribution < 1.29 is 23.4 Å². The van der Waals surface area contributed by atoms with Crippen LogP contribution in [0, 0.1) is 11.8 Å². The molecule has 1 aliphatic heterocycles. The molecule has 1 saturated heterocycles. The van der Waals surface area contributed by atoms with Crippen molar-refractivity contribution in [3.8, 4) is 5.75 Å². The minimum absolute atomic E-state index is 0.0247. The topological polar surface area (TPSA) is 223 Å². The van der Waals surface area contributed by atoms with Gasteiger partial charge in [-0.05, 0) is 87.7 Å². The first kappa shape index (κ1) is 37.3. The summed E-state index contributed by atoms with van der Waals surface area (Å²) in [4.78, 5) is 26.7. The third kappa shape index (κ3) is 12.5. The summed E-state index contributed by atoms with van der Waals surface area (Å²) >= 11 is 5.82. The number of halogens is 1. The predicted octanol–water partition coefficient (Wildman–Crippen LogP) is 3.40. The highest BCUT2D eigenvalue weighted by molar-refractivity contribution is 7.89. The average Bonchev–Trinajstić information content (AvgIpc) is 2.98. The first-order valence-electron chi connectivity index (χ1n) is 15.8. The number of nitrogens with zero attached hydrogens (tertiary/aromatic N) is 4. The largest absolute Gasteiger partial charge is 0.508 e. The number of phenolic OH excluding ortho intramolecular Hbond substituents is 1. The zero-order chi connectivity index (χ0) is 33.9. The number of rotatable bonds is 16. The molecule has 2 atom stereocenters. The summed E-state index contributed by atoms with van der Waals surface area (Å²) < 4.78 is 23.3. The number of nitrogens with two attached hydrogens (primary N) is 3. The van der Waals surface area contributed by atoms with Crippen molar-refractivity contribution in [2.24, 2.45) is 22.6 Å². The second-order valence-corrected chi connectivity index (χ2v) is 14.9. The minimum Gasteiger partial charge on any atom is -0.508 e. The average molecular weight is 681 g/mol.